The molecule has 1 aliphatic heterocycles. The van der Waals surface area contributed by atoms with Gasteiger partial charge in [-0.3, -0.25) is 9.35 Å². The van der Waals surface area contributed by atoms with Crippen molar-refractivity contribution in [3.63, 3.8) is 0 Å². The number of allylic oxidation sites excluding steroid dienone is 15. The molecule has 1 saturated heterocycles. The first kappa shape index (κ1) is 61.0. The number of carbonyl (C=O) groups is 1. The zero-order chi connectivity index (χ0) is 48.2. The summed E-state index contributed by atoms with van der Waals surface area (Å²) in [4.78, 5) is 12.8. The van der Waals surface area contributed by atoms with Gasteiger partial charge >= 0.3 is 16.4 Å². The third-order valence-electron chi connectivity index (χ3n) is 10.7. The fourth-order valence-corrected chi connectivity index (χ4v) is 7.50. The quantitative estimate of drug-likeness (QED) is 0.0197. The second-order valence-corrected chi connectivity index (χ2v) is 17.7. The number of rotatable bonds is 42. The van der Waals surface area contributed by atoms with Crippen molar-refractivity contribution in [1.29, 1.82) is 0 Å². The second kappa shape index (κ2) is 43.3. The molecule has 1 aliphatic rings. The summed E-state index contributed by atoms with van der Waals surface area (Å²) in [6.07, 6.45) is 50.4. The van der Waals surface area contributed by atoms with Crippen molar-refractivity contribution in [2.24, 2.45) is 0 Å². The summed E-state index contributed by atoms with van der Waals surface area (Å²) in [5, 5.41) is 30.7. The maximum Gasteiger partial charge on any atom is 0.397 e. The van der Waals surface area contributed by atoms with Crippen molar-refractivity contribution in [3.8, 4) is 0 Å². The Morgan fingerprint density at radius 3 is 1.53 bits per heavy atom. The van der Waals surface area contributed by atoms with Gasteiger partial charge in [-0.1, -0.05) is 182 Å². The Balaban J connectivity index is 2.41. The predicted octanol–water partition coefficient (Wildman–Crippen LogP) is 11.4. The van der Waals surface area contributed by atoms with E-state index in [1.807, 2.05) is 12.2 Å². The fourth-order valence-electron chi connectivity index (χ4n) is 6.99. The van der Waals surface area contributed by atoms with Crippen LogP contribution in [0.2, 0.25) is 0 Å². The van der Waals surface area contributed by atoms with Crippen molar-refractivity contribution >= 4 is 16.4 Å². The van der Waals surface area contributed by atoms with Crippen LogP contribution in [0.15, 0.2) is 97.2 Å². The molecule has 6 atom stereocenters. The molecule has 378 valence electrons. The van der Waals surface area contributed by atoms with Crippen molar-refractivity contribution in [2.45, 2.75) is 205 Å². The van der Waals surface area contributed by atoms with Gasteiger partial charge in [0.25, 0.3) is 0 Å². The minimum atomic E-state index is -5.08. The molecule has 66 heavy (non-hydrogen) atoms. The van der Waals surface area contributed by atoms with Gasteiger partial charge in [0, 0.05) is 6.61 Å². The highest BCUT2D eigenvalue weighted by Gasteiger charge is 2.48. The highest BCUT2D eigenvalue weighted by Crippen LogP contribution is 2.26. The first-order valence-electron chi connectivity index (χ1n) is 25.0. The standard InChI is InChI=1S/C53H88O12S/c1-3-5-7-9-11-13-15-17-19-20-21-22-23-24-25-26-27-29-31-33-35-37-39-41-43-61-45-47(46-62-53-51(57)52(65-66(58,59)60)50(56)48(44-54)64-53)63-49(55)42-40-38-36-34-32-30-28-18-16-14-12-10-8-6-4-2/h6,8,12,14-15,17-18,20-21,23-24,28,32,34,38,40,47-48,50-54,56-57H,3-5,7,9-11,13,16,19,22,25-27,29-31,33,35-37,39,41-46H2,1-2H3,(H,58,59,60)/b8-6-,14-12-,17-15-,21-20-,24-23-,28-18-,34-32-,40-38-. The first-order chi connectivity index (χ1) is 32.1. The van der Waals surface area contributed by atoms with Crippen LogP contribution in [0.5, 0.6) is 0 Å². The molecular formula is C53H88O12S. The van der Waals surface area contributed by atoms with Crippen LogP contribution in [0.1, 0.15) is 168 Å². The third kappa shape index (κ3) is 36.1. The van der Waals surface area contributed by atoms with Crippen LogP contribution >= 0.6 is 0 Å². The molecule has 0 bridgehead atoms. The number of carbonyl (C=O) groups excluding carboxylic acids is 1. The van der Waals surface area contributed by atoms with E-state index in [4.69, 9.17) is 18.9 Å². The highest BCUT2D eigenvalue weighted by atomic mass is 32.3. The molecule has 0 aliphatic carbocycles. The molecule has 1 fully saturated rings. The Kier molecular flexibility index (Phi) is 40.1. The van der Waals surface area contributed by atoms with Gasteiger partial charge in [0.15, 0.2) is 6.29 Å². The van der Waals surface area contributed by atoms with Gasteiger partial charge in [-0.25, -0.2) is 4.18 Å². The lowest BCUT2D eigenvalue weighted by atomic mass is 9.99. The molecule has 0 aromatic rings. The third-order valence-corrected chi connectivity index (χ3v) is 11.2. The molecule has 0 amide bonds. The summed E-state index contributed by atoms with van der Waals surface area (Å²) in [7, 11) is -5.08. The molecule has 13 heteroatoms. The Hall–Kier alpha value is -2.98. The van der Waals surface area contributed by atoms with E-state index in [0.717, 1.165) is 64.2 Å². The second-order valence-electron chi connectivity index (χ2n) is 16.7. The molecule has 0 aromatic carbocycles. The lowest BCUT2D eigenvalue weighted by Crippen LogP contribution is -2.60. The molecule has 0 aromatic heterocycles. The van der Waals surface area contributed by atoms with Gasteiger partial charge in [0.1, 0.15) is 30.5 Å². The number of aliphatic hydroxyl groups excluding tert-OH is 3. The summed E-state index contributed by atoms with van der Waals surface area (Å²) >= 11 is 0. The minimum absolute atomic E-state index is 0.00230. The molecule has 0 spiro atoms. The summed E-state index contributed by atoms with van der Waals surface area (Å²) < 4.78 is 59.0. The van der Waals surface area contributed by atoms with Crippen LogP contribution in [0.25, 0.3) is 0 Å². The normalized spacial score (nSPS) is 20.4. The van der Waals surface area contributed by atoms with E-state index in [9.17, 15) is 33.1 Å². The largest absolute Gasteiger partial charge is 0.457 e. The smallest absolute Gasteiger partial charge is 0.397 e. The summed E-state index contributed by atoms with van der Waals surface area (Å²) in [6, 6.07) is 0. The van der Waals surface area contributed by atoms with Crippen LogP contribution in [0, 0.1) is 0 Å². The van der Waals surface area contributed by atoms with Crippen molar-refractivity contribution in [1.82, 2.24) is 0 Å². The van der Waals surface area contributed by atoms with Gasteiger partial charge in [0.05, 0.1) is 26.2 Å². The van der Waals surface area contributed by atoms with Gasteiger partial charge in [-0.05, 0) is 77.0 Å². The fraction of sp³-hybridized carbons (Fsp3) is 0.679. The summed E-state index contributed by atoms with van der Waals surface area (Å²) in [6.45, 7) is 3.71. The first-order valence-corrected chi connectivity index (χ1v) is 26.4. The van der Waals surface area contributed by atoms with E-state index in [1.54, 1.807) is 6.08 Å². The molecule has 12 nitrogen and oxygen atoms in total. The van der Waals surface area contributed by atoms with Crippen LogP contribution in [-0.2, 0) is 38.3 Å². The minimum Gasteiger partial charge on any atom is -0.457 e. The van der Waals surface area contributed by atoms with Crippen LogP contribution in [-0.4, -0.2) is 97.5 Å². The zero-order valence-electron chi connectivity index (χ0n) is 40.5. The lowest BCUT2D eigenvalue weighted by molar-refractivity contribution is -0.301. The van der Waals surface area contributed by atoms with E-state index >= 15 is 0 Å². The summed E-state index contributed by atoms with van der Waals surface area (Å²) in [5.74, 6) is -0.531. The number of hydrogen-bond donors (Lipinski definition) is 4. The van der Waals surface area contributed by atoms with E-state index in [2.05, 4.69) is 97.0 Å². The number of hydrogen-bond acceptors (Lipinski definition) is 11. The maximum atomic E-state index is 12.8. The van der Waals surface area contributed by atoms with Crippen LogP contribution in [0.3, 0.4) is 0 Å². The molecule has 0 radical (unpaired) electrons. The molecule has 1 heterocycles. The van der Waals surface area contributed by atoms with E-state index in [-0.39, 0.29) is 19.6 Å². The Morgan fingerprint density at radius 2 is 1.05 bits per heavy atom. The molecule has 0 saturated carbocycles. The van der Waals surface area contributed by atoms with Gasteiger partial charge in [0.2, 0.25) is 0 Å². The molecular weight excluding hydrogens is 861 g/mol. The summed E-state index contributed by atoms with van der Waals surface area (Å²) in [5.41, 5.74) is 0. The monoisotopic (exact) mass is 949 g/mol. The van der Waals surface area contributed by atoms with Gasteiger partial charge < -0.3 is 34.3 Å². The highest BCUT2D eigenvalue weighted by molar-refractivity contribution is 7.80. The van der Waals surface area contributed by atoms with Gasteiger partial charge in [-0.2, -0.15) is 8.42 Å². The predicted molar refractivity (Wildman–Crippen MR) is 266 cm³/mol. The topological polar surface area (TPSA) is 178 Å². The maximum absolute atomic E-state index is 12.8. The molecule has 6 unspecified atom stereocenters. The van der Waals surface area contributed by atoms with Crippen LogP contribution < -0.4 is 0 Å². The lowest BCUT2D eigenvalue weighted by Gasteiger charge is -2.41. The Morgan fingerprint density at radius 1 is 0.591 bits per heavy atom. The Labute approximate surface area is 399 Å². The van der Waals surface area contributed by atoms with E-state index < -0.39 is 59.8 Å². The van der Waals surface area contributed by atoms with Crippen molar-refractivity contribution in [3.05, 3.63) is 97.2 Å². The van der Waals surface area contributed by atoms with Crippen molar-refractivity contribution < 1.29 is 56.2 Å². The van der Waals surface area contributed by atoms with Crippen molar-refractivity contribution in [2.75, 3.05) is 26.4 Å². The number of aliphatic hydroxyl groups is 3. The van der Waals surface area contributed by atoms with Gasteiger partial charge in [-0.15, -0.1) is 0 Å². The van der Waals surface area contributed by atoms with E-state index in [0.29, 0.717) is 13.0 Å². The SMILES string of the molecule is CC/C=C\C/C=C\C/C=C\C/C=C\C/C=C\CC(=O)OC(COCCCCCCCCCCC/C=C\C/C=C\C/C=C\CCCCCCC)COC1OC(CO)C(O)C(OS(=O)(=O)O)C1O. The Bertz CT molecular complexity index is 1520. The zero-order valence-corrected chi connectivity index (χ0v) is 41.3. The van der Waals surface area contributed by atoms with Crippen LogP contribution in [0.4, 0.5) is 0 Å². The average Bonchev–Trinajstić information content (AvgIpc) is 3.29. The average molecular weight is 949 g/mol. The molecule has 4 N–H and O–H groups in total. The molecule has 1 rings (SSSR count). The van der Waals surface area contributed by atoms with E-state index in [1.165, 1.54) is 77.0 Å². The number of ether oxygens (including phenoxy) is 4. The number of unbranched alkanes of at least 4 members (excludes halogenated alkanes) is 14. The number of esters is 1.